The van der Waals surface area contributed by atoms with Crippen LogP contribution in [0, 0.1) is 5.92 Å². The molecule has 2 aromatic rings. The summed E-state index contributed by atoms with van der Waals surface area (Å²) in [4.78, 5) is 11.4. The summed E-state index contributed by atoms with van der Waals surface area (Å²) < 4.78 is 6.72. The summed E-state index contributed by atoms with van der Waals surface area (Å²) in [6.45, 7) is 2.31. The minimum atomic E-state index is -0.287. The molecule has 1 N–H and O–H groups in total. The molecular formula is C15H20N2O2. The van der Waals surface area contributed by atoms with Crippen molar-refractivity contribution in [1.82, 2.24) is 9.88 Å². The minimum absolute atomic E-state index is 0.287. The zero-order chi connectivity index (χ0) is 13.2. The Balaban J connectivity index is 1.74. The van der Waals surface area contributed by atoms with Crippen molar-refractivity contribution in [1.29, 1.82) is 0 Å². The van der Waals surface area contributed by atoms with Crippen LogP contribution >= 0.6 is 0 Å². The maximum atomic E-state index is 11.4. The molecule has 1 aromatic carbocycles. The molecule has 1 aliphatic rings. The van der Waals surface area contributed by atoms with Gasteiger partial charge in [0.1, 0.15) is 0 Å². The lowest BCUT2D eigenvalue weighted by molar-refractivity contribution is 0.354. The first-order chi connectivity index (χ1) is 9.24. The van der Waals surface area contributed by atoms with E-state index in [1.165, 1.54) is 24.8 Å². The van der Waals surface area contributed by atoms with Crippen molar-refractivity contribution < 1.29 is 4.42 Å². The first kappa shape index (κ1) is 12.5. The van der Waals surface area contributed by atoms with Crippen LogP contribution in [-0.2, 0) is 13.5 Å². The van der Waals surface area contributed by atoms with Crippen molar-refractivity contribution in [2.24, 2.45) is 13.0 Å². The highest BCUT2D eigenvalue weighted by molar-refractivity contribution is 5.73. The maximum Gasteiger partial charge on any atom is 0.419 e. The molecule has 102 valence electrons. The number of hydrogen-bond acceptors (Lipinski definition) is 3. The van der Waals surface area contributed by atoms with Gasteiger partial charge in [-0.3, -0.25) is 4.57 Å². The van der Waals surface area contributed by atoms with Crippen LogP contribution in [-0.4, -0.2) is 17.7 Å². The Morgan fingerprint density at radius 3 is 2.95 bits per heavy atom. The third-order valence-electron chi connectivity index (χ3n) is 4.16. The SMILES string of the molecule is Cn1c(=O)oc2ccc(CCC3CCNCC3)cc21. The topological polar surface area (TPSA) is 47.2 Å². The van der Waals surface area contributed by atoms with Crippen LogP contribution < -0.4 is 11.1 Å². The van der Waals surface area contributed by atoms with Gasteiger partial charge in [0.15, 0.2) is 5.58 Å². The van der Waals surface area contributed by atoms with Crippen molar-refractivity contribution in [2.75, 3.05) is 13.1 Å². The van der Waals surface area contributed by atoms with E-state index in [9.17, 15) is 4.79 Å². The second kappa shape index (κ2) is 5.21. The first-order valence-electron chi connectivity index (χ1n) is 7.03. The normalized spacial score (nSPS) is 17.1. The fourth-order valence-corrected chi connectivity index (χ4v) is 2.87. The number of piperidine rings is 1. The van der Waals surface area contributed by atoms with Gasteiger partial charge in [-0.2, -0.15) is 0 Å². The van der Waals surface area contributed by atoms with Gasteiger partial charge in [-0.05, 0) is 62.4 Å². The van der Waals surface area contributed by atoms with Gasteiger partial charge in [0.05, 0.1) is 5.52 Å². The summed E-state index contributed by atoms with van der Waals surface area (Å²) >= 11 is 0. The van der Waals surface area contributed by atoms with Crippen molar-refractivity contribution in [2.45, 2.75) is 25.7 Å². The molecule has 0 spiro atoms. The van der Waals surface area contributed by atoms with Gasteiger partial charge in [0.25, 0.3) is 0 Å². The molecular weight excluding hydrogens is 240 g/mol. The Morgan fingerprint density at radius 2 is 2.16 bits per heavy atom. The number of hydrogen-bond donors (Lipinski definition) is 1. The minimum Gasteiger partial charge on any atom is -0.408 e. The van der Waals surface area contributed by atoms with Gasteiger partial charge in [-0.15, -0.1) is 0 Å². The highest BCUT2D eigenvalue weighted by Gasteiger charge is 2.13. The summed E-state index contributed by atoms with van der Waals surface area (Å²) in [5, 5.41) is 3.40. The number of aromatic nitrogens is 1. The Kier molecular flexibility index (Phi) is 3.42. The second-order valence-corrected chi connectivity index (χ2v) is 5.46. The van der Waals surface area contributed by atoms with Gasteiger partial charge in [-0.1, -0.05) is 6.07 Å². The predicted molar refractivity (Wildman–Crippen MR) is 75.4 cm³/mol. The van der Waals surface area contributed by atoms with Crippen LogP contribution in [0.15, 0.2) is 27.4 Å². The van der Waals surface area contributed by atoms with E-state index in [0.717, 1.165) is 30.9 Å². The molecule has 0 radical (unpaired) electrons. The lowest BCUT2D eigenvalue weighted by Gasteiger charge is -2.22. The largest absolute Gasteiger partial charge is 0.419 e. The number of aryl methyl sites for hydroxylation is 2. The highest BCUT2D eigenvalue weighted by atomic mass is 16.4. The van der Waals surface area contributed by atoms with E-state index in [-0.39, 0.29) is 5.76 Å². The van der Waals surface area contributed by atoms with Gasteiger partial charge in [0.2, 0.25) is 0 Å². The molecule has 0 unspecified atom stereocenters. The molecule has 1 fully saturated rings. The van der Waals surface area contributed by atoms with Crippen LogP contribution in [0.25, 0.3) is 11.1 Å². The van der Waals surface area contributed by atoms with E-state index in [1.54, 1.807) is 11.6 Å². The number of nitrogens with one attached hydrogen (secondary N) is 1. The summed E-state index contributed by atoms with van der Waals surface area (Å²) in [6, 6.07) is 6.07. The molecule has 1 aromatic heterocycles. The quantitative estimate of drug-likeness (QED) is 0.919. The number of oxazole rings is 1. The Hall–Kier alpha value is -1.55. The molecule has 4 nitrogen and oxygen atoms in total. The number of nitrogens with zero attached hydrogens (tertiary/aromatic N) is 1. The van der Waals surface area contributed by atoms with Gasteiger partial charge in [0, 0.05) is 7.05 Å². The molecule has 0 bridgehead atoms. The first-order valence-corrected chi connectivity index (χ1v) is 7.03. The summed E-state index contributed by atoms with van der Waals surface area (Å²) in [5.41, 5.74) is 2.87. The molecule has 4 heteroatoms. The molecule has 3 rings (SSSR count). The second-order valence-electron chi connectivity index (χ2n) is 5.46. The Morgan fingerprint density at radius 1 is 1.37 bits per heavy atom. The van der Waals surface area contributed by atoms with Crippen LogP contribution in [0.3, 0.4) is 0 Å². The van der Waals surface area contributed by atoms with Crippen molar-refractivity contribution in [3.63, 3.8) is 0 Å². The zero-order valence-corrected chi connectivity index (χ0v) is 11.3. The van der Waals surface area contributed by atoms with E-state index in [2.05, 4.69) is 17.4 Å². The van der Waals surface area contributed by atoms with Crippen LogP contribution in [0.4, 0.5) is 0 Å². The van der Waals surface area contributed by atoms with Crippen molar-refractivity contribution in [3.05, 3.63) is 34.3 Å². The van der Waals surface area contributed by atoms with E-state index in [1.807, 2.05) is 6.07 Å². The van der Waals surface area contributed by atoms with E-state index < -0.39 is 0 Å². The third-order valence-corrected chi connectivity index (χ3v) is 4.16. The van der Waals surface area contributed by atoms with Gasteiger partial charge in [-0.25, -0.2) is 4.79 Å². The number of benzene rings is 1. The molecule has 1 aliphatic heterocycles. The molecule has 0 saturated carbocycles. The van der Waals surface area contributed by atoms with Crippen LogP contribution in [0.1, 0.15) is 24.8 Å². The summed E-state index contributed by atoms with van der Waals surface area (Å²) in [7, 11) is 1.75. The lowest BCUT2D eigenvalue weighted by Crippen LogP contribution is -2.27. The average Bonchev–Trinajstić information content (AvgIpc) is 2.73. The number of rotatable bonds is 3. The molecule has 1 saturated heterocycles. The van der Waals surface area contributed by atoms with E-state index in [0.29, 0.717) is 5.58 Å². The van der Waals surface area contributed by atoms with Gasteiger partial charge >= 0.3 is 5.76 Å². The fraction of sp³-hybridized carbons (Fsp3) is 0.533. The molecule has 0 aliphatic carbocycles. The zero-order valence-electron chi connectivity index (χ0n) is 11.3. The summed E-state index contributed by atoms with van der Waals surface area (Å²) in [5.74, 6) is 0.552. The standard InChI is InChI=1S/C15H20N2O2/c1-17-13-10-12(4-5-14(13)19-15(17)18)3-2-11-6-8-16-9-7-11/h4-5,10-11,16H,2-3,6-9H2,1H3. The van der Waals surface area contributed by atoms with Crippen LogP contribution in [0.5, 0.6) is 0 Å². The van der Waals surface area contributed by atoms with Crippen LogP contribution in [0.2, 0.25) is 0 Å². The van der Waals surface area contributed by atoms with E-state index in [4.69, 9.17) is 4.42 Å². The van der Waals surface area contributed by atoms with Crippen molar-refractivity contribution in [3.8, 4) is 0 Å². The Labute approximate surface area is 112 Å². The summed E-state index contributed by atoms with van der Waals surface area (Å²) in [6.07, 6.45) is 4.89. The number of fused-ring (bicyclic) bond motifs is 1. The molecule has 19 heavy (non-hydrogen) atoms. The molecule has 0 amide bonds. The highest BCUT2D eigenvalue weighted by Crippen LogP contribution is 2.21. The Bertz CT molecular complexity index is 621. The fourth-order valence-electron chi connectivity index (χ4n) is 2.87. The van der Waals surface area contributed by atoms with Crippen molar-refractivity contribution >= 4 is 11.1 Å². The molecule has 0 atom stereocenters. The average molecular weight is 260 g/mol. The van der Waals surface area contributed by atoms with E-state index >= 15 is 0 Å². The third kappa shape index (κ3) is 2.59. The lowest BCUT2D eigenvalue weighted by atomic mass is 9.91. The maximum absolute atomic E-state index is 11.4. The smallest absolute Gasteiger partial charge is 0.408 e. The molecule has 2 heterocycles. The van der Waals surface area contributed by atoms with Gasteiger partial charge < -0.3 is 9.73 Å². The predicted octanol–water partition coefficient (Wildman–Crippen LogP) is 2.06. The monoisotopic (exact) mass is 260 g/mol.